The summed E-state index contributed by atoms with van der Waals surface area (Å²) in [6, 6.07) is 6.16. The normalized spacial score (nSPS) is 9.18. The van der Waals surface area contributed by atoms with Crippen LogP contribution in [-0.4, -0.2) is 6.03 Å². The summed E-state index contributed by atoms with van der Waals surface area (Å²) in [5, 5.41) is 2.42. The van der Waals surface area contributed by atoms with Crippen molar-refractivity contribution in [3.63, 3.8) is 0 Å². The molecule has 1 aromatic carbocycles. The molecule has 2 radical (unpaired) electrons. The highest BCUT2D eigenvalue weighted by Gasteiger charge is 1.92. The Hall–Kier alpha value is -1.51. The number of carbonyl (C=O) groups excluding carboxylic acids is 1. The topological polar surface area (TPSA) is 55.1 Å². The zero-order chi connectivity index (χ0) is 8.27. The summed E-state index contributed by atoms with van der Waals surface area (Å²) in [6.45, 7) is 5.41. The number of primary amides is 1. The van der Waals surface area contributed by atoms with Crippen LogP contribution in [0.25, 0.3) is 0 Å². The van der Waals surface area contributed by atoms with Crippen LogP contribution >= 0.6 is 0 Å². The number of rotatable bonds is 1. The third-order valence-electron chi connectivity index (χ3n) is 1.18. The SMILES string of the molecule is [CH]c1ccc(NC(N)=O)cc1. The molecule has 0 unspecified atom stereocenters. The minimum absolute atomic E-state index is 0.574. The monoisotopic (exact) mass is 148 g/mol. The van der Waals surface area contributed by atoms with Gasteiger partial charge < -0.3 is 11.1 Å². The third kappa shape index (κ3) is 2.29. The van der Waals surface area contributed by atoms with Gasteiger partial charge in [-0.2, -0.15) is 0 Å². The fraction of sp³-hybridized carbons (Fsp3) is 0. The number of hydrogen-bond donors (Lipinski definition) is 2. The van der Waals surface area contributed by atoms with Gasteiger partial charge in [-0.25, -0.2) is 4.79 Å². The standard InChI is InChI=1S/C8H8N2O/c1-6-2-4-7(5-3-6)10-8(9)11/h1-5H,(H3,9,10,11). The van der Waals surface area contributed by atoms with Gasteiger partial charge in [-0.05, 0) is 24.6 Å². The molecule has 0 saturated carbocycles. The lowest BCUT2D eigenvalue weighted by Crippen LogP contribution is -2.19. The smallest absolute Gasteiger partial charge is 0.316 e. The maximum Gasteiger partial charge on any atom is 0.316 e. The first-order valence-electron chi connectivity index (χ1n) is 3.10. The average Bonchev–Trinajstić information content (AvgIpc) is 1.93. The zero-order valence-corrected chi connectivity index (χ0v) is 5.87. The Kier molecular flexibility index (Phi) is 2.11. The molecule has 0 saturated heterocycles. The molecular formula is C8H8N2O. The van der Waals surface area contributed by atoms with Gasteiger partial charge in [0.2, 0.25) is 0 Å². The number of carbonyl (C=O) groups is 1. The number of benzene rings is 1. The van der Waals surface area contributed by atoms with E-state index in [1.165, 1.54) is 0 Å². The lowest BCUT2D eigenvalue weighted by molar-refractivity contribution is 0.259. The summed E-state index contributed by atoms with van der Waals surface area (Å²) in [6.07, 6.45) is 0. The van der Waals surface area contributed by atoms with Crippen molar-refractivity contribution >= 4 is 11.7 Å². The van der Waals surface area contributed by atoms with Crippen molar-refractivity contribution in [2.24, 2.45) is 5.73 Å². The molecule has 0 aromatic heterocycles. The molecule has 0 fully saturated rings. The van der Waals surface area contributed by atoms with Crippen LogP contribution in [-0.2, 0) is 0 Å². The summed E-state index contributed by atoms with van der Waals surface area (Å²) >= 11 is 0. The Balaban J connectivity index is 2.74. The Morgan fingerprint density at radius 3 is 2.36 bits per heavy atom. The van der Waals surface area contributed by atoms with Crippen LogP contribution in [0.2, 0.25) is 0 Å². The van der Waals surface area contributed by atoms with Gasteiger partial charge in [-0.15, -0.1) is 0 Å². The van der Waals surface area contributed by atoms with E-state index >= 15 is 0 Å². The second-order valence-electron chi connectivity index (χ2n) is 2.11. The van der Waals surface area contributed by atoms with Crippen LogP contribution in [0, 0.1) is 6.92 Å². The van der Waals surface area contributed by atoms with Crippen LogP contribution in [0.15, 0.2) is 24.3 Å². The van der Waals surface area contributed by atoms with E-state index in [0.717, 1.165) is 0 Å². The molecule has 1 aromatic rings. The molecule has 3 N–H and O–H groups in total. The van der Waals surface area contributed by atoms with Crippen molar-refractivity contribution in [3.8, 4) is 0 Å². The molecule has 3 heteroatoms. The molecule has 3 nitrogen and oxygen atoms in total. The number of hydrogen-bond acceptors (Lipinski definition) is 1. The first kappa shape index (κ1) is 7.60. The van der Waals surface area contributed by atoms with Gasteiger partial charge in [0, 0.05) is 5.69 Å². The van der Waals surface area contributed by atoms with Gasteiger partial charge in [0.25, 0.3) is 0 Å². The fourth-order valence-electron chi connectivity index (χ4n) is 0.709. The molecule has 1 rings (SSSR count). The fourth-order valence-corrected chi connectivity index (χ4v) is 0.709. The number of amides is 2. The van der Waals surface area contributed by atoms with Crippen molar-refractivity contribution in [3.05, 3.63) is 36.8 Å². The van der Waals surface area contributed by atoms with E-state index in [9.17, 15) is 4.79 Å². The van der Waals surface area contributed by atoms with E-state index in [4.69, 9.17) is 12.7 Å². The van der Waals surface area contributed by atoms with Gasteiger partial charge in [-0.1, -0.05) is 12.1 Å². The number of nitrogens with two attached hydrogens (primary N) is 1. The molecule has 0 aliphatic carbocycles. The van der Waals surface area contributed by atoms with Gasteiger partial charge in [0.15, 0.2) is 0 Å². The molecule has 0 atom stereocenters. The highest BCUT2D eigenvalue weighted by molar-refractivity contribution is 5.87. The highest BCUT2D eigenvalue weighted by atomic mass is 16.2. The summed E-state index contributed by atoms with van der Waals surface area (Å²) in [5.41, 5.74) is 6.18. The molecule has 11 heavy (non-hydrogen) atoms. The summed E-state index contributed by atoms with van der Waals surface area (Å²) < 4.78 is 0. The van der Waals surface area contributed by atoms with E-state index in [0.29, 0.717) is 11.3 Å². The lowest BCUT2D eigenvalue weighted by atomic mass is 10.2. The van der Waals surface area contributed by atoms with Gasteiger partial charge in [-0.3, -0.25) is 0 Å². The van der Waals surface area contributed by atoms with E-state index in [1.807, 2.05) is 0 Å². The van der Waals surface area contributed by atoms with Crippen molar-refractivity contribution in [2.45, 2.75) is 0 Å². The molecule has 0 heterocycles. The maximum absolute atomic E-state index is 10.3. The van der Waals surface area contributed by atoms with Crippen LogP contribution in [0.5, 0.6) is 0 Å². The van der Waals surface area contributed by atoms with Crippen LogP contribution in [0.1, 0.15) is 5.56 Å². The van der Waals surface area contributed by atoms with Crippen molar-refractivity contribution in [2.75, 3.05) is 5.32 Å². The van der Waals surface area contributed by atoms with Crippen molar-refractivity contribution in [1.82, 2.24) is 0 Å². The number of nitrogens with one attached hydrogen (secondary N) is 1. The lowest BCUT2D eigenvalue weighted by Gasteiger charge is -2.00. The van der Waals surface area contributed by atoms with Gasteiger partial charge >= 0.3 is 6.03 Å². The van der Waals surface area contributed by atoms with Gasteiger partial charge in [0.1, 0.15) is 0 Å². The third-order valence-corrected chi connectivity index (χ3v) is 1.18. The van der Waals surface area contributed by atoms with Crippen LogP contribution in [0.4, 0.5) is 10.5 Å². The molecular weight excluding hydrogens is 140 g/mol. The summed E-state index contributed by atoms with van der Waals surface area (Å²) in [7, 11) is 0. The Labute approximate surface area is 65.2 Å². The van der Waals surface area contributed by atoms with E-state index < -0.39 is 6.03 Å². The zero-order valence-electron chi connectivity index (χ0n) is 5.87. The number of urea groups is 1. The first-order valence-corrected chi connectivity index (χ1v) is 3.10. The Morgan fingerprint density at radius 2 is 1.91 bits per heavy atom. The Bertz CT molecular complexity index is 253. The molecule has 56 valence electrons. The van der Waals surface area contributed by atoms with E-state index in [-0.39, 0.29) is 0 Å². The minimum atomic E-state index is -0.574. The second kappa shape index (κ2) is 3.05. The van der Waals surface area contributed by atoms with Crippen LogP contribution < -0.4 is 11.1 Å². The first-order chi connectivity index (χ1) is 5.18. The van der Waals surface area contributed by atoms with E-state index in [2.05, 4.69) is 5.32 Å². The maximum atomic E-state index is 10.3. The number of anilines is 1. The minimum Gasteiger partial charge on any atom is -0.351 e. The summed E-state index contributed by atoms with van der Waals surface area (Å²) in [5.74, 6) is 0. The van der Waals surface area contributed by atoms with Crippen LogP contribution in [0.3, 0.4) is 0 Å². The molecule has 0 bridgehead atoms. The quantitative estimate of drug-likeness (QED) is 0.618. The van der Waals surface area contributed by atoms with Gasteiger partial charge in [0.05, 0.1) is 0 Å². The Morgan fingerprint density at radius 1 is 1.36 bits per heavy atom. The largest absolute Gasteiger partial charge is 0.351 e. The van der Waals surface area contributed by atoms with E-state index in [1.54, 1.807) is 24.3 Å². The molecule has 0 aliphatic heterocycles. The van der Waals surface area contributed by atoms with Crippen molar-refractivity contribution < 1.29 is 4.79 Å². The highest BCUT2D eigenvalue weighted by Crippen LogP contribution is 2.07. The average molecular weight is 148 g/mol. The molecule has 0 aliphatic rings. The predicted octanol–water partition coefficient (Wildman–Crippen LogP) is 1.24. The second-order valence-corrected chi connectivity index (χ2v) is 2.11. The molecule has 2 amide bonds. The molecule has 0 spiro atoms. The predicted molar refractivity (Wildman–Crippen MR) is 43.1 cm³/mol. The summed E-state index contributed by atoms with van der Waals surface area (Å²) in [4.78, 5) is 10.3. The van der Waals surface area contributed by atoms with Crippen molar-refractivity contribution in [1.29, 1.82) is 0 Å².